The molecule has 0 bridgehead atoms. The first-order chi connectivity index (χ1) is 26.8. The minimum Gasteiger partial charge on any atom is -0.465 e. The van der Waals surface area contributed by atoms with Crippen LogP contribution in [-0.4, -0.2) is 135 Å². The third kappa shape index (κ3) is 7.03. The van der Waals surface area contributed by atoms with Crippen LogP contribution in [0.2, 0.25) is 0 Å². The molecule has 8 rings (SSSR count). The summed E-state index contributed by atoms with van der Waals surface area (Å²) in [5.41, 5.74) is -2.38. The number of hydrogen-bond donors (Lipinski definition) is 6. The van der Waals surface area contributed by atoms with E-state index in [0.29, 0.717) is 25.2 Å². The van der Waals surface area contributed by atoms with Gasteiger partial charge in [-0.25, -0.2) is 0 Å². The van der Waals surface area contributed by atoms with Gasteiger partial charge in [-0.1, -0.05) is 13.8 Å². The Kier molecular flexibility index (Phi) is 10.6. The Labute approximate surface area is 327 Å². The largest absolute Gasteiger partial charge is 0.465 e. The van der Waals surface area contributed by atoms with E-state index in [1.807, 2.05) is 13.8 Å². The molecule has 55 heavy (non-hydrogen) atoms. The summed E-state index contributed by atoms with van der Waals surface area (Å²) in [6, 6.07) is 0. The summed E-state index contributed by atoms with van der Waals surface area (Å²) in [5.74, 6) is -2.44. The van der Waals surface area contributed by atoms with Crippen LogP contribution in [0.1, 0.15) is 114 Å². The van der Waals surface area contributed by atoms with E-state index < -0.39 is 115 Å². The van der Waals surface area contributed by atoms with Crippen LogP contribution >= 0.6 is 0 Å². The molecule has 4 saturated carbocycles. The molecule has 14 nitrogen and oxygen atoms in total. The lowest BCUT2D eigenvalue weighted by Crippen LogP contribution is -2.67. The van der Waals surface area contributed by atoms with Gasteiger partial charge in [-0.05, 0) is 101 Å². The Balaban J connectivity index is 0.844. The number of esters is 1. The van der Waals surface area contributed by atoms with Crippen molar-refractivity contribution in [3.8, 4) is 0 Å². The zero-order valence-corrected chi connectivity index (χ0v) is 32.9. The first kappa shape index (κ1) is 38.2. The summed E-state index contributed by atoms with van der Waals surface area (Å²) >= 11 is 0. The quantitative estimate of drug-likeness (QED) is 0.162. The van der Waals surface area contributed by atoms with Crippen LogP contribution in [0.15, 0.2) is 0 Å². The van der Waals surface area contributed by atoms with Gasteiger partial charge in [-0.3, -0.25) is 4.79 Å². The summed E-state index contributed by atoms with van der Waals surface area (Å²) in [6.45, 7) is 9.23. The van der Waals surface area contributed by atoms with Gasteiger partial charge in [0, 0.05) is 33.3 Å². The predicted octanol–water partition coefficient (Wildman–Crippen LogP) is 2.30. The first-order valence-electron chi connectivity index (χ1n) is 22.0. The van der Waals surface area contributed by atoms with Crippen molar-refractivity contribution in [2.24, 2.45) is 40.4 Å². The van der Waals surface area contributed by atoms with Crippen LogP contribution in [-0.2, 0) is 38.0 Å². The Morgan fingerprint density at radius 3 is 1.89 bits per heavy atom. The molecule has 4 aliphatic heterocycles. The van der Waals surface area contributed by atoms with Crippen molar-refractivity contribution in [1.29, 1.82) is 0 Å². The highest BCUT2D eigenvalue weighted by Gasteiger charge is 2.71. The first-order valence-corrected chi connectivity index (χ1v) is 20.9. The lowest BCUT2D eigenvalue weighted by Gasteiger charge is -2.65. The van der Waals surface area contributed by atoms with Gasteiger partial charge in [0.2, 0.25) is 0 Å². The average molecular weight is 787 g/mol. The predicted molar refractivity (Wildman–Crippen MR) is 193 cm³/mol. The van der Waals surface area contributed by atoms with Gasteiger partial charge in [-0.15, -0.1) is 0 Å². The summed E-state index contributed by atoms with van der Waals surface area (Å²) in [6.07, 6.45) is -5.88. The lowest BCUT2D eigenvalue weighted by atomic mass is 9.42. The van der Waals surface area contributed by atoms with Crippen molar-refractivity contribution in [3.63, 3.8) is 0 Å². The van der Waals surface area contributed by atoms with Crippen LogP contribution in [0, 0.1) is 40.4 Å². The van der Waals surface area contributed by atoms with Gasteiger partial charge in [0.15, 0.2) is 18.9 Å². The molecular weight excluding hydrogens is 716 g/mol. The third-order valence-corrected chi connectivity index (χ3v) is 16.0. The zero-order valence-electron chi connectivity index (χ0n) is 34.9. The zero-order chi connectivity index (χ0) is 41.0. The number of ether oxygens (including phenoxy) is 7. The number of carbonyl (C=O) groups excluding carboxylic acids is 1. The molecule has 314 valence electrons. The van der Waals surface area contributed by atoms with E-state index in [4.69, 9.17) is 34.5 Å². The van der Waals surface area contributed by atoms with Gasteiger partial charge in [0.05, 0.1) is 67.4 Å². The van der Waals surface area contributed by atoms with Crippen molar-refractivity contribution in [3.05, 3.63) is 0 Å². The fourth-order valence-electron chi connectivity index (χ4n) is 12.8. The molecule has 8 aliphatic rings. The molecule has 0 amide bonds. The second-order valence-corrected chi connectivity index (χ2v) is 18.8. The van der Waals surface area contributed by atoms with Crippen molar-refractivity contribution in [2.75, 3.05) is 6.61 Å². The smallest absolute Gasteiger partial charge is 0.306 e. The van der Waals surface area contributed by atoms with E-state index >= 15 is 0 Å². The maximum absolute atomic E-state index is 12.7. The summed E-state index contributed by atoms with van der Waals surface area (Å²) in [7, 11) is 0. The maximum atomic E-state index is 12.7. The van der Waals surface area contributed by atoms with Gasteiger partial charge in [0.1, 0.15) is 18.3 Å². The Morgan fingerprint density at radius 2 is 1.31 bits per heavy atom. The van der Waals surface area contributed by atoms with Crippen molar-refractivity contribution in [2.45, 2.75) is 203 Å². The van der Waals surface area contributed by atoms with E-state index in [0.717, 1.165) is 32.1 Å². The van der Waals surface area contributed by atoms with Crippen molar-refractivity contribution < 1.29 is 71.3 Å². The fourth-order valence-corrected chi connectivity index (χ4v) is 12.8. The fraction of sp³-hybridized carbons (Fsp3) is 0.976. The number of hydrogen-bond acceptors (Lipinski definition) is 14. The molecule has 0 aromatic carbocycles. The Bertz CT molecular complexity index is 1440. The molecule has 6 N–H and O–H groups in total. The monoisotopic (exact) mass is 786 g/mol. The minimum absolute atomic E-state index is 0.0647. The number of rotatable bonds is 7. The van der Waals surface area contributed by atoms with Gasteiger partial charge >= 0.3 is 5.97 Å². The highest BCUT2D eigenvalue weighted by molar-refractivity contribution is 5.71. The van der Waals surface area contributed by atoms with Gasteiger partial charge in [-0.2, -0.15) is 0 Å². The van der Waals surface area contributed by atoms with Crippen LogP contribution in [0.4, 0.5) is 0 Å². The van der Waals surface area contributed by atoms with Crippen molar-refractivity contribution in [1.82, 2.24) is 0 Å². The second kappa shape index (κ2) is 15.2. The van der Waals surface area contributed by atoms with Crippen molar-refractivity contribution >= 4 is 5.97 Å². The normalized spacial score (nSPS) is 60.2. The van der Waals surface area contributed by atoms with E-state index in [1.54, 1.807) is 13.8 Å². The molecule has 3 unspecified atom stereocenters. The average Bonchev–Trinajstić information content (AvgIpc) is 3.59. The Hall–Kier alpha value is -1.01. The van der Waals surface area contributed by atoms with Crippen LogP contribution in [0.3, 0.4) is 0 Å². The molecule has 4 heterocycles. The molecule has 0 aromatic heterocycles. The minimum atomic E-state index is -1.51. The number of aliphatic hydroxyl groups is 6. The second-order valence-electron chi connectivity index (χ2n) is 18.8. The highest BCUT2D eigenvalue weighted by Crippen LogP contribution is 2.70. The Morgan fingerprint density at radius 1 is 0.709 bits per heavy atom. The molecule has 0 radical (unpaired) electrons. The summed E-state index contributed by atoms with van der Waals surface area (Å²) in [5, 5.41) is 67.1. The van der Waals surface area contributed by atoms with E-state index in [2.05, 4.69) is 6.92 Å². The van der Waals surface area contributed by atoms with E-state index in [-0.39, 0.29) is 49.2 Å². The van der Waals surface area contributed by atoms with E-state index in [1.165, 1.54) is 0 Å². The van der Waals surface area contributed by atoms with Gasteiger partial charge in [0.25, 0.3) is 0 Å². The highest BCUT2D eigenvalue weighted by atomic mass is 16.7. The SMILES string of the molecule is [3H]C1C(=O)OCC1([3H])[C@H]1CC[C@]2(O)[C@@H]3CCC4C[C@@H](O[C@H]5C[C@H](O)[C@H](O[C@H]6C[C@H](O)[C@H](O[C@H]7C[C@H](O)[C@H](O)[C@@H](C)O7)[C@@H](C)O6)[C@@H](C)O5)CC[C@]4(C)[C@H]3C[C@@H](O)[C@]12C. The molecular formula is C41H66O14. The number of aliphatic hydroxyl groups excluding tert-OH is 5. The summed E-state index contributed by atoms with van der Waals surface area (Å²) in [4.78, 5) is 12.2. The number of carbonyl (C=O) groups is 1. The van der Waals surface area contributed by atoms with Crippen LogP contribution in [0.25, 0.3) is 0 Å². The standard InChI is InChI=1S/C41H66O14/c1-19-36(47)28(42)15-34(50-19)54-38-21(3)52-35(17-30(38)44)55-37-20(2)51-33(16-29(37)43)53-24-8-10-39(4)23(13-24)6-7-26-27(39)14-31(45)40(5)25(9-11-41(26,40)48)22-12-32(46)49-18-22/h19-31,33-38,42-45,47-48H,6-18H2,1-5H3/t19-,20-,21-,22?,23?,24+,25-,26-,27+,28+,29+,30+,31-,33+,34+,35+,36-,37-,38-,39+,40+,41+/m1/s1/i12T,22T/t12?,19-,20-,21-,22?,23?,24+,25-,26-,27+,28+,29+,30+,31-,33+,34+,35+,36-,37-,38-,39+,40+,41+. The molecule has 0 spiro atoms. The third-order valence-electron chi connectivity index (χ3n) is 16.0. The molecule has 4 saturated heterocycles. The van der Waals surface area contributed by atoms with Crippen LogP contribution in [0.5, 0.6) is 0 Å². The number of cyclic esters (lactones) is 1. The lowest BCUT2D eigenvalue weighted by molar-refractivity contribution is -0.336. The molecule has 4 aliphatic carbocycles. The summed E-state index contributed by atoms with van der Waals surface area (Å²) < 4.78 is 59.7. The van der Waals surface area contributed by atoms with Crippen LogP contribution < -0.4 is 0 Å². The number of fused-ring (bicyclic) bond motifs is 5. The topological polar surface area (TPSA) is 203 Å². The van der Waals surface area contributed by atoms with E-state index in [9.17, 15) is 36.8 Å². The molecule has 23 atom stereocenters. The molecule has 8 fully saturated rings. The maximum Gasteiger partial charge on any atom is 0.306 e. The molecule has 0 aromatic rings. The van der Waals surface area contributed by atoms with Gasteiger partial charge < -0.3 is 63.8 Å². The molecule has 14 heteroatoms.